The summed E-state index contributed by atoms with van der Waals surface area (Å²) in [5, 5.41) is 2.64. The van der Waals surface area contributed by atoms with E-state index >= 15 is 0 Å². The summed E-state index contributed by atoms with van der Waals surface area (Å²) in [5.74, 6) is 0. The maximum Gasteiger partial charge on any atom is 0.422 e. The van der Waals surface area contributed by atoms with Gasteiger partial charge >= 0.3 is 12.3 Å². The molecule has 0 heterocycles. The van der Waals surface area contributed by atoms with Crippen LogP contribution in [-0.4, -0.2) is 24.4 Å². The molecule has 0 aliphatic heterocycles. The molecular weight excluding hydrogens is 295 g/mol. The first-order chi connectivity index (χ1) is 10.2. The molecule has 1 amide bonds. The lowest BCUT2D eigenvalue weighted by atomic mass is 9.88. The zero-order valence-electron chi connectivity index (χ0n) is 14.0. The van der Waals surface area contributed by atoms with E-state index in [2.05, 4.69) is 23.9 Å². The first kappa shape index (κ1) is 21.1. The van der Waals surface area contributed by atoms with Gasteiger partial charge in [0.25, 0.3) is 0 Å². The molecule has 3 nitrogen and oxygen atoms in total. The van der Waals surface area contributed by atoms with Crippen LogP contribution in [0, 0.1) is 0 Å². The monoisotopic (exact) mass is 325 g/mol. The van der Waals surface area contributed by atoms with Gasteiger partial charge in [0.15, 0.2) is 6.61 Å². The highest BCUT2D eigenvalue weighted by atomic mass is 19.4. The number of alkyl carbamates (subject to hydrolysis) is 1. The van der Waals surface area contributed by atoms with Crippen molar-refractivity contribution in [1.29, 1.82) is 0 Å². The number of alkyl halides is 3. The largest absolute Gasteiger partial charge is 0.440 e. The van der Waals surface area contributed by atoms with Crippen molar-refractivity contribution in [3.05, 3.63) is 0 Å². The van der Waals surface area contributed by atoms with Gasteiger partial charge in [0.05, 0.1) is 0 Å². The Kier molecular flexibility index (Phi) is 10.3. The lowest BCUT2D eigenvalue weighted by Gasteiger charge is -2.31. The molecule has 1 atom stereocenters. The smallest absolute Gasteiger partial charge is 0.422 e. The minimum absolute atomic E-state index is 0.494. The Labute approximate surface area is 132 Å². The van der Waals surface area contributed by atoms with Crippen LogP contribution in [0.25, 0.3) is 0 Å². The molecule has 132 valence electrons. The third kappa shape index (κ3) is 11.7. The Morgan fingerprint density at radius 1 is 0.955 bits per heavy atom. The normalized spacial score (nSPS) is 14.5. The fraction of sp³-hybridized carbons (Fsp3) is 0.938. The maximum absolute atomic E-state index is 12.1. The van der Waals surface area contributed by atoms with E-state index in [4.69, 9.17) is 0 Å². The number of unbranched alkanes of at least 4 members (excludes halogenated alkanes) is 5. The number of hydrogen-bond donors (Lipinski definition) is 1. The molecule has 0 saturated heterocycles. The van der Waals surface area contributed by atoms with Crippen LogP contribution in [0.1, 0.15) is 78.6 Å². The van der Waals surface area contributed by atoms with E-state index in [0.717, 1.165) is 57.8 Å². The Hall–Kier alpha value is -0.940. The molecule has 1 N–H and O–H groups in total. The van der Waals surface area contributed by atoms with Crippen molar-refractivity contribution in [1.82, 2.24) is 5.32 Å². The van der Waals surface area contributed by atoms with Gasteiger partial charge in [-0.25, -0.2) is 4.79 Å². The average Bonchev–Trinajstić information content (AvgIpc) is 2.41. The summed E-state index contributed by atoms with van der Waals surface area (Å²) in [6.07, 6.45) is 3.37. The topological polar surface area (TPSA) is 38.3 Å². The molecule has 0 aromatic rings. The Bertz CT molecular complexity index is 308. The summed E-state index contributed by atoms with van der Waals surface area (Å²) < 4.78 is 40.5. The number of amides is 1. The second kappa shape index (κ2) is 10.7. The lowest BCUT2D eigenvalue weighted by Crippen LogP contribution is -2.46. The molecule has 22 heavy (non-hydrogen) atoms. The van der Waals surface area contributed by atoms with Gasteiger partial charge in [0.1, 0.15) is 0 Å². The van der Waals surface area contributed by atoms with Gasteiger partial charge in [-0.05, 0) is 19.8 Å². The number of halogens is 3. The van der Waals surface area contributed by atoms with Gasteiger partial charge in [0.2, 0.25) is 0 Å². The van der Waals surface area contributed by atoms with Crippen LogP contribution >= 0.6 is 0 Å². The molecule has 0 bridgehead atoms. The molecule has 0 aromatic heterocycles. The van der Waals surface area contributed by atoms with Crippen molar-refractivity contribution >= 4 is 6.09 Å². The number of nitrogens with one attached hydrogen (secondary N) is 1. The quantitative estimate of drug-likeness (QED) is 0.503. The summed E-state index contributed by atoms with van der Waals surface area (Å²) in [4.78, 5) is 11.6. The number of ether oxygens (including phenoxy) is 1. The predicted molar refractivity (Wildman–Crippen MR) is 81.8 cm³/mol. The number of rotatable bonds is 11. The summed E-state index contributed by atoms with van der Waals surface area (Å²) in [6, 6.07) is 0. The molecule has 0 aromatic carbocycles. The van der Waals surface area contributed by atoms with Crippen LogP contribution < -0.4 is 5.32 Å². The third-order valence-electron chi connectivity index (χ3n) is 3.68. The SMILES string of the molecule is CCCCCCC(C)(CCCCC)NC(=O)OCC(F)(F)F. The van der Waals surface area contributed by atoms with Crippen molar-refractivity contribution < 1.29 is 22.7 Å². The fourth-order valence-corrected chi connectivity index (χ4v) is 2.39. The summed E-state index contributed by atoms with van der Waals surface area (Å²) >= 11 is 0. The minimum Gasteiger partial charge on any atom is -0.440 e. The molecule has 0 rings (SSSR count). The van der Waals surface area contributed by atoms with Gasteiger partial charge in [-0.15, -0.1) is 0 Å². The Balaban J connectivity index is 4.39. The van der Waals surface area contributed by atoms with Crippen LogP contribution in [0.3, 0.4) is 0 Å². The van der Waals surface area contributed by atoms with Crippen molar-refractivity contribution in [3.8, 4) is 0 Å². The summed E-state index contributed by atoms with van der Waals surface area (Å²) in [6.45, 7) is 4.56. The molecule has 0 fully saturated rings. The first-order valence-corrected chi connectivity index (χ1v) is 8.24. The highest BCUT2D eigenvalue weighted by Crippen LogP contribution is 2.23. The van der Waals surface area contributed by atoms with E-state index in [1.165, 1.54) is 0 Å². The predicted octanol–water partition coefficient (Wildman–Crippen LogP) is 5.58. The van der Waals surface area contributed by atoms with Gasteiger partial charge in [-0.3, -0.25) is 0 Å². The maximum atomic E-state index is 12.1. The van der Waals surface area contributed by atoms with E-state index in [-0.39, 0.29) is 0 Å². The van der Waals surface area contributed by atoms with Crippen LogP contribution in [0.2, 0.25) is 0 Å². The Morgan fingerprint density at radius 3 is 1.95 bits per heavy atom. The van der Waals surface area contributed by atoms with E-state index in [1.807, 2.05) is 6.92 Å². The van der Waals surface area contributed by atoms with Crippen LogP contribution in [-0.2, 0) is 4.74 Å². The second-order valence-electron chi connectivity index (χ2n) is 6.14. The second-order valence-corrected chi connectivity index (χ2v) is 6.14. The van der Waals surface area contributed by atoms with E-state index in [1.54, 1.807) is 0 Å². The van der Waals surface area contributed by atoms with E-state index in [9.17, 15) is 18.0 Å². The molecule has 0 spiro atoms. The number of carbonyl (C=O) groups excluding carboxylic acids is 1. The van der Waals surface area contributed by atoms with Crippen LogP contribution in [0.5, 0.6) is 0 Å². The van der Waals surface area contributed by atoms with E-state index < -0.39 is 24.4 Å². The van der Waals surface area contributed by atoms with Crippen LogP contribution in [0.15, 0.2) is 0 Å². The fourth-order valence-electron chi connectivity index (χ4n) is 2.39. The van der Waals surface area contributed by atoms with Crippen molar-refractivity contribution in [2.45, 2.75) is 90.3 Å². The Morgan fingerprint density at radius 2 is 1.45 bits per heavy atom. The third-order valence-corrected chi connectivity index (χ3v) is 3.68. The molecule has 0 aliphatic rings. The van der Waals surface area contributed by atoms with Gasteiger partial charge < -0.3 is 10.1 Å². The van der Waals surface area contributed by atoms with Gasteiger partial charge in [-0.1, -0.05) is 58.8 Å². The average molecular weight is 325 g/mol. The number of hydrogen-bond acceptors (Lipinski definition) is 2. The lowest BCUT2D eigenvalue weighted by molar-refractivity contribution is -0.160. The standard InChI is InChI=1S/C16H30F3NO2/c1-4-6-8-10-12-15(3,11-9-7-5-2)20-14(21)22-13-16(17,18)19/h4-13H2,1-3H3,(H,20,21). The first-order valence-electron chi connectivity index (χ1n) is 8.24. The molecule has 6 heteroatoms. The zero-order valence-corrected chi connectivity index (χ0v) is 14.0. The highest BCUT2D eigenvalue weighted by molar-refractivity contribution is 5.68. The minimum atomic E-state index is -4.49. The van der Waals surface area contributed by atoms with Crippen molar-refractivity contribution in [2.24, 2.45) is 0 Å². The number of carbonyl (C=O) groups is 1. The van der Waals surface area contributed by atoms with Gasteiger partial charge in [-0.2, -0.15) is 13.2 Å². The molecule has 1 unspecified atom stereocenters. The summed E-state index contributed by atoms with van der Waals surface area (Å²) in [7, 11) is 0. The molecule has 0 radical (unpaired) electrons. The van der Waals surface area contributed by atoms with Crippen molar-refractivity contribution in [3.63, 3.8) is 0 Å². The highest BCUT2D eigenvalue weighted by Gasteiger charge is 2.31. The van der Waals surface area contributed by atoms with Crippen LogP contribution in [0.4, 0.5) is 18.0 Å². The molecule has 0 aliphatic carbocycles. The van der Waals surface area contributed by atoms with Crippen molar-refractivity contribution in [2.75, 3.05) is 6.61 Å². The molecule has 0 saturated carbocycles. The molecular formula is C16H30F3NO2. The summed E-state index contributed by atoms with van der Waals surface area (Å²) in [5.41, 5.74) is -0.494. The zero-order chi connectivity index (χ0) is 17.1. The van der Waals surface area contributed by atoms with Gasteiger partial charge in [0, 0.05) is 5.54 Å². The van der Waals surface area contributed by atoms with E-state index in [0.29, 0.717) is 0 Å².